The molecule has 0 bridgehead atoms. The van der Waals surface area contributed by atoms with Crippen LogP contribution in [0.2, 0.25) is 0 Å². The van der Waals surface area contributed by atoms with Crippen LogP contribution in [0.4, 0.5) is 0 Å². The number of ether oxygens (including phenoxy) is 3. The summed E-state index contributed by atoms with van der Waals surface area (Å²) in [5, 5.41) is 0. The van der Waals surface area contributed by atoms with Crippen LogP contribution < -0.4 is 14.3 Å². The summed E-state index contributed by atoms with van der Waals surface area (Å²) in [5.41, 5.74) is 1.07. The molecule has 172 valence electrons. The Morgan fingerprint density at radius 2 is 1.69 bits per heavy atom. The molecule has 0 radical (unpaired) electrons. The Hall–Kier alpha value is -2.69. The number of thiazole rings is 1. The molecule has 0 fully saturated rings. The van der Waals surface area contributed by atoms with Crippen molar-refractivity contribution in [2.24, 2.45) is 4.99 Å². The second kappa shape index (κ2) is 10.3. The molecule has 1 amide bonds. The maximum absolute atomic E-state index is 12.9. The van der Waals surface area contributed by atoms with Crippen molar-refractivity contribution in [3.8, 4) is 11.5 Å². The summed E-state index contributed by atoms with van der Waals surface area (Å²) in [5.74, 6) is 0.811. The predicted molar refractivity (Wildman–Crippen MR) is 123 cm³/mol. The topological polar surface area (TPSA) is 96.2 Å². The zero-order valence-electron chi connectivity index (χ0n) is 18.5. The molecular weight excluding hydrogens is 452 g/mol. The second-order valence-corrected chi connectivity index (χ2v) is 9.98. The first kappa shape index (κ1) is 24.0. The average molecular weight is 479 g/mol. The van der Waals surface area contributed by atoms with Crippen LogP contribution in [0.1, 0.15) is 24.2 Å². The second-order valence-electron chi connectivity index (χ2n) is 6.73. The fourth-order valence-electron chi connectivity index (χ4n) is 3.17. The first-order valence-electron chi connectivity index (χ1n) is 10.1. The van der Waals surface area contributed by atoms with E-state index in [1.54, 1.807) is 21.1 Å². The molecule has 2 aromatic carbocycles. The third-order valence-corrected chi connectivity index (χ3v) is 7.74. The quantitative estimate of drug-likeness (QED) is 0.438. The summed E-state index contributed by atoms with van der Waals surface area (Å²) in [6.45, 7) is 4.97. The van der Waals surface area contributed by atoms with Crippen molar-refractivity contribution in [3.05, 3.63) is 46.8 Å². The van der Waals surface area contributed by atoms with Gasteiger partial charge in [-0.15, -0.1) is 0 Å². The monoisotopic (exact) mass is 478 g/mol. The van der Waals surface area contributed by atoms with E-state index in [4.69, 9.17) is 14.2 Å². The summed E-state index contributed by atoms with van der Waals surface area (Å²) in [4.78, 5) is 17.9. The highest BCUT2D eigenvalue weighted by Gasteiger charge is 2.17. The lowest BCUT2D eigenvalue weighted by atomic mass is 10.2. The molecule has 0 aliphatic heterocycles. The molecule has 3 aromatic rings. The number of rotatable bonds is 9. The highest BCUT2D eigenvalue weighted by Crippen LogP contribution is 2.35. The number of methoxy groups -OCH3 is 2. The first-order valence-corrected chi connectivity index (χ1v) is 12.6. The Labute approximate surface area is 191 Å². The molecule has 0 saturated heterocycles. The molecule has 1 heterocycles. The van der Waals surface area contributed by atoms with E-state index < -0.39 is 15.7 Å². The van der Waals surface area contributed by atoms with Crippen molar-refractivity contribution in [1.29, 1.82) is 0 Å². The van der Waals surface area contributed by atoms with E-state index in [0.29, 0.717) is 41.6 Å². The molecule has 8 nitrogen and oxygen atoms in total. The predicted octanol–water partition coefficient (Wildman–Crippen LogP) is 3.29. The maximum Gasteiger partial charge on any atom is 0.279 e. The van der Waals surface area contributed by atoms with Crippen LogP contribution in [0, 0.1) is 0 Å². The van der Waals surface area contributed by atoms with Gasteiger partial charge in [0.25, 0.3) is 5.91 Å². The van der Waals surface area contributed by atoms with Gasteiger partial charge in [-0.25, -0.2) is 8.42 Å². The minimum Gasteiger partial charge on any atom is -0.495 e. The minimum absolute atomic E-state index is 0.00402. The molecule has 3 rings (SSSR count). The Bertz CT molecular complexity index is 1270. The summed E-state index contributed by atoms with van der Waals surface area (Å²) in [7, 11) is -0.172. The van der Waals surface area contributed by atoms with E-state index >= 15 is 0 Å². The van der Waals surface area contributed by atoms with Gasteiger partial charge in [0.15, 0.2) is 14.6 Å². The number of carbonyl (C=O) groups is 1. The van der Waals surface area contributed by atoms with Gasteiger partial charge in [-0.1, -0.05) is 18.3 Å². The molecule has 32 heavy (non-hydrogen) atoms. The lowest BCUT2D eigenvalue weighted by molar-refractivity contribution is 0.0996. The van der Waals surface area contributed by atoms with E-state index in [-0.39, 0.29) is 10.6 Å². The summed E-state index contributed by atoms with van der Waals surface area (Å²) < 4.78 is 43.3. The number of amides is 1. The number of nitrogens with zero attached hydrogens (tertiary/aromatic N) is 2. The molecule has 0 spiro atoms. The third-order valence-electron chi connectivity index (χ3n) is 4.89. The Balaban J connectivity index is 2.11. The minimum atomic E-state index is -3.34. The SMILES string of the molecule is CCOCCn1c(=NC(=O)c2ccc(S(=O)(=O)CC)cc2)sc2c(OC)ccc(OC)c21. The van der Waals surface area contributed by atoms with Gasteiger partial charge >= 0.3 is 0 Å². The molecule has 0 N–H and O–H groups in total. The van der Waals surface area contributed by atoms with Crippen LogP contribution in [0.15, 0.2) is 46.3 Å². The third kappa shape index (κ3) is 4.87. The Kier molecular flexibility index (Phi) is 7.70. The van der Waals surface area contributed by atoms with Crippen LogP contribution in [0.25, 0.3) is 10.2 Å². The largest absolute Gasteiger partial charge is 0.495 e. The fourth-order valence-corrected chi connectivity index (χ4v) is 5.22. The zero-order valence-corrected chi connectivity index (χ0v) is 20.1. The van der Waals surface area contributed by atoms with Gasteiger partial charge < -0.3 is 18.8 Å². The van der Waals surface area contributed by atoms with Crippen LogP contribution in [0.5, 0.6) is 11.5 Å². The summed E-state index contributed by atoms with van der Waals surface area (Å²) >= 11 is 1.32. The number of hydrogen-bond donors (Lipinski definition) is 0. The van der Waals surface area contributed by atoms with Crippen molar-refractivity contribution in [2.75, 3.05) is 33.2 Å². The molecule has 0 aliphatic rings. The van der Waals surface area contributed by atoms with Crippen molar-refractivity contribution in [1.82, 2.24) is 4.57 Å². The van der Waals surface area contributed by atoms with E-state index in [9.17, 15) is 13.2 Å². The molecule has 1 aromatic heterocycles. The van der Waals surface area contributed by atoms with Gasteiger partial charge in [0, 0.05) is 18.7 Å². The normalized spacial score (nSPS) is 12.3. The maximum atomic E-state index is 12.9. The number of benzene rings is 2. The van der Waals surface area contributed by atoms with Crippen LogP contribution >= 0.6 is 11.3 Å². The van der Waals surface area contributed by atoms with E-state index in [1.807, 2.05) is 23.6 Å². The number of carbonyl (C=O) groups excluding carboxylic acids is 1. The zero-order chi connectivity index (χ0) is 23.3. The van der Waals surface area contributed by atoms with E-state index in [0.717, 1.165) is 10.2 Å². The summed E-state index contributed by atoms with van der Waals surface area (Å²) in [6, 6.07) is 9.44. The average Bonchev–Trinajstić information content (AvgIpc) is 3.16. The van der Waals surface area contributed by atoms with Gasteiger partial charge in [0.05, 0.1) is 31.5 Å². The Morgan fingerprint density at radius 1 is 1.03 bits per heavy atom. The summed E-state index contributed by atoms with van der Waals surface area (Å²) in [6.07, 6.45) is 0. The highest BCUT2D eigenvalue weighted by molar-refractivity contribution is 7.91. The van der Waals surface area contributed by atoms with Crippen molar-refractivity contribution in [3.63, 3.8) is 0 Å². The van der Waals surface area contributed by atoms with Crippen molar-refractivity contribution in [2.45, 2.75) is 25.3 Å². The van der Waals surface area contributed by atoms with Gasteiger partial charge in [-0.2, -0.15) is 4.99 Å². The number of hydrogen-bond acceptors (Lipinski definition) is 7. The van der Waals surface area contributed by atoms with Gasteiger partial charge in [0.2, 0.25) is 0 Å². The van der Waals surface area contributed by atoms with Crippen molar-refractivity contribution < 1.29 is 27.4 Å². The molecule has 0 aliphatic carbocycles. The van der Waals surface area contributed by atoms with Crippen LogP contribution in [-0.4, -0.2) is 52.1 Å². The molecule has 10 heteroatoms. The lowest BCUT2D eigenvalue weighted by Gasteiger charge is -2.10. The van der Waals surface area contributed by atoms with Crippen LogP contribution in [0.3, 0.4) is 0 Å². The smallest absolute Gasteiger partial charge is 0.279 e. The molecule has 0 unspecified atom stereocenters. The highest BCUT2D eigenvalue weighted by atomic mass is 32.2. The van der Waals surface area contributed by atoms with Crippen molar-refractivity contribution >= 4 is 37.3 Å². The van der Waals surface area contributed by atoms with Gasteiger partial charge in [-0.05, 0) is 43.3 Å². The fraction of sp³-hybridized carbons (Fsp3) is 0.364. The number of sulfone groups is 1. The molecule has 0 atom stereocenters. The van der Waals surface area contributed by atoms with Gasteiger partial charge in [-0.3, -0.25) is 4.79 Å². The molecule has 0 saturated carbocycles. The van der Waals surface area contributed by atoms with Crippen LogP contribution in [-0.2, 0) is 21.1 Å². The standard InChI is InChI=1S/C22H26N2O6S2/c1-5-30-14-13-24-19-17(28-3)11-12-18(29-4)20(19)31-22(24)23-21(25)15-7-9-16(10-8-15)32(26,27)6-2/h7-12H,5-6,13-14H2,1-4H3. The number of aromatic nitrogens is 1. The lowest BCUT2D eigenvalue weighted by Crippen LogP contribution is -2.20. The Morgan fingerprint density at radius 3 is 2.28 bits per heavy atom. The van der Waals surface area contributed by atoms with Gasteiger partial charge in [0.1, 0.15) is 21.7 Å². The number of fused-ring (bicyclic) bond motifs is 1. The first-order chi connectivity index (χ1) is 15.4. The molecular formula is C22H26N2O6S2. The van der Waals surface area contributed by atoms with E-state index in [2.05, 4.69) is 4.99 Å². The van der Waals surface area contributed by atoms with E-state index in [1.165, 1.54) is 35.6 Å².